The van der Waals surface area contributed by atoms with Gasteiger partial charge < -0.3 is 16.0 Å². The highest BCUT2D eigenvalue weighted by molar-refractivity contribution is 7.18. The molecule has 0 aliphatic carbocycles. The van der Waals surface area contributed by atoms with E-state index >= 15 is 0 Å². The van der Waals surface area contributed by atoms with E-state index in [1.807, 2.05) is 18.9 Å². The number of nitrogens with one attached hydrogen (secondary N) is 1. The third-order valence-corrected chi connectivity index (χ3v) is 5.76. The van der Waals surface area contributed by atoms with E-state index in [9.17, 15) is 4.79 Å². The van der Waals surface area contributed by atoms with Gasteiger partial charge in [-0.05, 0) is 32.7 Å². The Hall–Kier alpha value is -1.34. The predicted octanol–water partition coefficient (Wildman–Crippen LogP) is 1.15. The SMILES string of the molecule is CCN(C)c1nc(N)c(C(=O)NC2CCN3CCCC23)s1. The number of hydrogen-bond donors (Lipinski definition) is 2. The molecule has 6 nitrogen and oxygen atoms in total. The maximum absolute atomic E-state index is 12.5. The van der Waals surface area contributed by atoms with Gasteiger partial charge in [0.2, 0.25) is 0 Å². The van der Waals surface area contributed by atoms with Crippen molar-refractivity contribution in [3.63, 3.8) is 0 Å². The Morgan fingerprint density at radius 1 is 1.52 bits per heavy atom. The Bertz CT molecular complexity index is 531. The molecule has 2 aliphatic heterocycles. The van der Waals surface area contributed by atoms with Gasteiger partial charge in [0.05, 0.1) is 0 Å². The van der Waals surface area contributed by atoms with Crippen molar-refractivity contribution in [2.45, 2.75) is 38.3 Å². The number of carbonyl (C=O) groups is 1. The maximum atomic E-state index is 12.5. The van der Waals surface area contributed by atoms with Crippen LogP contribution in [-0.4, -0.2) is 54.6 Å². The average molecular weight is 309 g/mol. The Morgan fingerprint density at radius 2 is 2.33 bits per heavy atom. The summed E-state index contributed by atoms with van der Waals surface area (Å²) >= 11 is 1.37. The molecule has 2 saturated heterocycles. The minimum atomic E-state index is -0.0699. The second-order valence-electron chi connectivity index (χ2n) is 5.84. The molecule has 1 aromatic rings. The highest BCUT2D eigenvalue weighted by Crippen LogP contribution is 2.30. The number of fused-ring (bicyclic) bond motifs is 1. The van der Waals surface area contributed by atoms with Crippen molar-refractivity contribution in [1.82, 2.24) is 15.2 Å². The molecule has 0 spiro atoms. The van der Waals surface area contributed by atoms with Gasteiger partial charge in [0.1, 0.15) is 10.7 Å². The van der Waals surface area contributed by atoms with E-state index in [1.54, 1.807) is 0 Å². The summed E-state index contributed by atoms with van der Waals surface area (Å²) in [6.45, 7) is 5.15. The number of amides is 1. The lowest BCUT2D eigenvalue weighted by molar-refractivity contribution is 0.0934. The molecule has 2 atom stereocenters. The van der Waals surface area contributed by atoms with Crippen LogP contribution in [0.1, 0.15) is 35.9 Å². The van der Waals surface area contributed by atoms with Crippen LogP contribution < -0.4 is 16.0 Å². The topological polar surface area (TPSA) is 74.5 Å². The molecule has 7 heteroatoms. The molecule has 21 heavy (non-hydrogen) atoms. The Labute approximate surface area is 129 Å². The summed E-state index contributed by atoms with van der Waals surface area (Å²) in [5, 5.41) is 3.97. The number of aromatic nitrogens is 1. The van der Waals surface area contributed by atoms with Gasteiger partial charge >= 0.3 is 0 Å². The van der Waals surface area contributed by atoms with Crippen molar-refractivity contribution in [3.8, 4) is 0 Å². The van der Waals surface area contributed by atoms with Crippen LogP contribution >= 0.6 is 11.3 Å². The van der Waals surface area contributed by atoms with Crippen LogP contribution in [0.25, 0.3) is 0 Å². The van der Waals surface area contributed by atoms with Crippen LogP contribution in [0, 0.1) is 0 Å². The summed E-state index contributed by atoms with van der Waals surface area (Å²) in [5.74, 6) is 0.272. The van der Waals surface area contributed by atoms with Crippen LogP contribution in [-0.2, 0) is 0 Å². The second-order valence-corrected chi connectivity index (χ2v) is 6.82. The summed E-state index contributed by atoms with van der Waals surface area (Å²) in [6, 6.07) is 0.773. The Balaban J connectivity index is 1.69. The summed E-state index contributed by atoms with van der Waals surface area (Å²) in [4.78, 5) is 21.8. The normalized spacial score (nSPS) is 25.0. The van der Waals surface area contributed by atoms with Gasteiger partial charge in [0.25, 0.3) is 5.91 Å². The lowest BCUT2D eigenvalue weighted by atomic mass is 10.1. The number of nitrogen functional groups attached to an aromatic ring is 1. The third-order valence-electron chi connectivity index (χ3n) is 4.57. The quantitative estimate of drug-likeness (QED) is 0.873. The van der Waals surface area contributed by atoms with E-state index in [1.165, 1.54) is 30.7 Å². The minimum Gasteiger partial charge on any atom is -0.382 e. The number of rotatable bonds is 4. The zero-order valence-corrected chi connectivity index (χ0v) is 13.4. The summed E-state index contributed by atoms with van der Waals surface area (Å²) in [7, 11) is 1.95. The van der Waals surface area contributed by atoms with E-state index in [2.05, 4.69) is 15.2 Å². The van der Waals surface area contributed by atoms with Crippen LogP contribution in [0.4, 0.5) is 10.9 Å². The number of nitrogens with two attached hydrogens (primary N) is 1. The molecular weight excluding hydrogens is 286 g/mol. The number of anilines is 2. The highest BCUT2D eigenvalue weighted by atomic mass is 32.1. The maximum Gasteiger partial charge on any atom is 0.265 e. The monoisotopic (exact) mass is 309 g/mol. The van der Waals surface area contributed by atoms with Gasteiger partial charge in [-0.15, -0.1) is 0 Å². The first-order chi connectivity index (χ1) is 10.1. The first-order valence-corrected chi connectivity index (χ1v) is 8.44. The predicted molar refractivity (Wildman–Crippen MR) is 85.9 cm³/mol. The Kier molecular flexibility index (Phi) is 4.03. The number of carbonyl (C=O) groups excluding carboxylic acids is 1. The first-order valence-electron chi connectivity index (χ1n) is 7.62. The fourth-order valence-electron chi connectivity index (χ4n) is 3.27. The number of hydrogen-bond acceptors (Lipinski definition) is 6. The van der Waals surface area contributed by atoms with Crippen molar-refractivity contribution in [3.05, 3.63) is 4.88 Å². The van der Waals surface area contributed by atoms with Gasteiger partial charge in [-0.2, -0.15) is 0 Å². The zero-order valence-electron chi connectivity index (χ0n) is 12.6. The summed E-state index contributed by atoms with van der Waals surface area (Å²) in [5.41, 5.74) is 5.92. The fourth-order valence-corrected chi connectivity index (χ4v) is 4.18. The second kappa shape index (κ2) is 5.81. The fraction of sp³-hybridized carbons (Fsp3) is 0.714. The molecule has 0 radical (unpaired) electrons. The lowest BCUT2D eigenvalue weighted by Crippen LogP contribution is -2.42. The lowest BCUT2D eigenvalue weighted by Gasteiger charge is -2.20. The summed E-state index contributed by atoms with van der Waals surface area (Å²) in [6.07, 6.45) is 3.47. The first kappa shape index (κ1) is 14.6. The van der Waals surface area contributed by atoms with Crippen molar-refractivity contribution in [1.29, 1.82) is 0 Å². The minimum absolute atomic E-state index is 0.0699. The van der Waals surface area contributed by atoms with Gasteiger partial charge in [-0.3, -0.25) is 9.69 Å². The highest BCUT2D eigenvalue weighted by Gasteiger charge is 2.38. The van der Waals surface area contributed by atoms with Crippen LogP contribution in [0.5, 0.6) is 0 Å². The standard InChI is InChI=1S/C14H23N5OS/c1-3-18(2)14-17-12(15)11(21-14)13(20)16-9-6-8-19-7-4-5-10(9)19/h9-10H,3-8,15H2,1-2H3,(H,16,20). The van der Waals surface area contributed by atoms with Crippen molar-refractivity contribution >= 4 is 28.2 Å². The van der Waals surface area contributed by atoms with E-state index in [4.69, 9.17) is 5.73 Å². The molecule has 3 heterocycles. The molecule has 1 amide bonds. The van der Waals surface area contributed by atoms with Gasteiger partial charge in [-0.25, -0.2) is 4.98 Å². The van der Waals surface area contributed by atoms with Crippen LogP contribution in [0.3, 0.4) is 0 Å². The van der Waals surface area contributed by atoms with Gasteiger partial charge in [0, 0.05) is 32.2 Å². The van der Waals surface area contributed by atoms with E-state index in [-0.39, 0.29) is 11.9 Å². The van der Waals surface area contributed by atoms with E-state index in [0.29, 0.717) is 16.7 Å². The molecule has 1 aromatic heterocycles. The van der Waals surface area contributed by atoms with E-state index in [0.717, 1.165) is 24.6 Å². The molecule has 0 bridgehead atoms. The molecule has 2 aliphatic rings. The Morgan fingerprint density at radius 3 is 3.10 bits per heavy atom. The van der Waals surface area contributed by atoms with Crippen LogP contribution in [0.15, 0.2) is 0 Å². The van der Waals surface area contributed by atoms with Crippen molar-refractivity contribution in [2.75, 3.05) is 37.3 Å². The molecule has 116 valence electrons. The smallest absolute Gasteiger partial charge is 0.265 e. The number of thiazole rings is 1. The largest absolute Gasteiger partial charge is 0.382 e. The zero-order chi connectivity index (χ0) is 15.0. The average Bonchev–Trinajstić information content (AvgIpc) is 3.15. The third kappa shape index (κ3) is 2.72. The molecule has 2 unspecified atom stereocenters. The van der Waals surface area contributed by atoms with Crippen LogP contribution in [0.2, 0.25) is 0 Å². The molecule has 3 rings (SSSR count). The molecular formula is C14H23N5OS. The van der Waals surface area contributed by atoms with Crippen molar-refractivity contribution in [2.24, 2.45) is 0 Å². The molecule has 2 fully saturated rings. The van der Waals surface area contributed by atoms with Gasteiger partial charge in [0.15, 0.2) is 5.13 Å². The number of nitrogens with zero attached hydrogens (tertiary/aromatic N) is 3. The van der Waals surface area contributed by atoms with Crippen molar-refractivity contribution < 1.29 is 4.79 Å². The molecule has 0 aromatic carbocycles. The van der Waals surface area contributed by atoms with Gasteiger partial charge in [-0.1, -0.05) is 11.3 Å². The molecule has 3 N–H and O–H groups in total. The summed E-state index contributed by atoms with van der Waals surface area (Å²) < 4.78 is 0. The molecule has 0 saturated carbocycles. The van der Waals surface area contributed by atoms with E-state index < -0.39 is 0 Å².